The summed E-state index contributed by atoms with van der Waals surface area (Å²) < 4.78 is 1.94. The Hall–Kier alpha value is -2.89. The Balaban J connectivity index is 0.00000117. The number of fused-ring (bicyclic) bond motifs is 1. The van der Waals surface area contributed by atoms with E-state index in [0.717, 1.165) is 33.7 Å². The van der Waals surface area contributed by atoms with E-state index in [9.17, 15) is 4.79 Å². The Morgan fingerprint density at radius 3 is 2.46 bits per heavy atom. The van der Waals surface area contributed by atoms with E-state index >= 15 is 0 Å². The minimum absolute atomic E-state index is 0.0535. The average molecular weight is 353 g/mol. The zero-order valence-corrected chi connectivity index (χ0v) is 16.4. The molecule has 0 unspecified atom stereocenters. The van der Waals surface area contributed by atoms with Crippen molar-refractivity contribution < 1.29 is 4.79 Å². The van der Waals surface area contributed by atoms with Crippen LogP contribution in [0.1, 0.15) is 25.1 Å². The number of amides is 1. The maximum Gasteiger partial charge on any atom is 0.241 e. The SMILES string of the molecule is CC.Cc1ccnc(C)c1Nc1nccc2c1ccn2CC(=O)N(C)C. The molecule has 0 saturated carbocycles. The predicted molar refractivity (Wildman–Crippen MR) is 107 cm³/mol. The number of hydrogen-bond acceptors (Lipinski definition) is 4. The quantitative estimate of drug-likeness (QED) is 0.772. The van der Waals surface area contributed by atoms with Crippen molar-refractivity contribution in [2.75, 3.05) is 19.4 Å². The molecule has 3 rings (SSSR count). The van der Waals surface area contributed by atoms with Gasteiger partial charge in [0.1, 0.15) is 12.4 Å². The summed E-state index contributed by atoms with van der Waals surface area (Å²) in [6.45, 7) is 8.32. The monoisotopic (exact) mass is 353 g/mol. The highest BCUT2D eigenvalue weighted by Gasteiger charge is 2.12. The van der Waals surface area contributed by atoms with E-state index in [-0.39, 0.29) is 5.91 Å². The summed E-state index contributed by atoms with van der Waals surface area (Å²) in [5.74, 6) is 0.820. The van der Waals surface area contributed by atoms with E-state index in [0.29, 0.717) is 6.54 Å². The molecular weight excluding hydrogens is 326 g/mol. The fourth-order valence-corrected chi connectivity index (χ4v) is 2.65. The van der Waals surface area contributed by atoms with Gasteiger partial charge in [0.15, 0.2) is 0 Å². The van der Waals surface area contributed by atoms with Gasteiger partial charge in [-0.2, -0.15) is 0 Å². The third-order valence-electron chi connectivity index (χ3n) is 4.09. The molecule has 6 heteroatoms. The Bertz CT molecular complexity index is 878. The van der Waals surface area contributed by atoms with Gasteiger partial charge in [0.25, 0.3) is 0 Å². The molecule has 138 valence electrons. The standard InChI is InChI=1S/C18H21N5O.C2H6/c1-12-5-8-19-13(2)17(12)21-18-14-7-10-23(11-16(24)22(3)4)15(14)6-9-20-18;1-2/h5-10H,11H2,1-4H3,(H,20,21);1-2H3. The van der Waals surface area contributed by atoms with Crippen LogP contribution in [0.2, 0.25) is 0 Å². The predicted octanol–water partition coefficient (Wildman–Crippen LogP) is 3.91. The first-order chi connectivity index (χ1) is 12.5. The van der Waals surface area contributed by atoms with Gasteiger partial charge in [0.05, 0.1) is 16.9 Å². The number of pyridine rings is 2. The summed E-state index contributed by atoms with van der Waals surface area (Å²) in [4.78, 5) is 22.4. The van der Waals surface area contributed by atoms with Crippen LogP contribution >= 0.6 is 0 Å². The fourth-order valence-electron chi connectivity index (χ4n) is 2.65. The van der Waals surface area contributed by atoms with Gasteiger partial charge in [-0.15, -0.1) is 0 Å². The lowest BCUT2D eigenvalue weighted by Crippen LogP contribution is -2.25. The van der Waals surface area contributed by atoms with E-state index in [1.807, 2.05) is 56.7 Å². The van der Waals surface area contributed by atoms with Crippen LogP contribution in [0, 0.1) is 13.8 Å². The van der Waals surface area contributed by atoms with Crippen LogP contribution in [-0.2, 0) is 11.3 Å². The molecule has 1 amide bonds. The van der Waals surface area contributed by atoms with Crippen molar-refractivity contribution in [2.45, 2.75) is 34.2 Å². The molecule has 0 aliphatic heterocycles. The first-order valence-corrected chi connectivity index (χ1v) is 8.80. The molecule has 0 aliphatic carbocycles. The summed E-state index contributed by atoms with van der Waals surface area (Å²) in [5.41, 5.74) is 3.98. The number of anilines is 2. The molecule has 0 spiro atoms. The second-order valence-electron chi connectivity index (χ2n) is 6.04. The molecule has 3 aromatic heterocycles. The van der Waals surface area contributed by atoms with E-state index in [4.69, 9.17) is 0 Å². The Morgan fingerprint density at radius 1 is 1.12 bits per heavy atom. The molecule has 0 fully saturated rings. The number of likely N-dealkylation sites (N-methyl/N-ethyl adjacent to an activating group) is 1. The summed E-state index contributed by atoms with van der Waals surface area (Å²) in [5, 5.41) is 4.37. The van der Waals surface area contributed by atoms with Gasteiger partial charge in [-0.05, 0) is 37.6 Å². The van der Waals surface area contributed by atoms with Gasteiger partial charge in [-0.25, -0.2) is 4.98 Å². The fraction of sp³-hybridized carbons (Fsp3) is 0.350. The highest BCUT2D eigenvalue weighted by Crippen LogP contribution is 2.28. The zero-order chi connectivity index (χ0) is 19.3. The minimum Gasteiger partial charge on any atom is -0.347 e. The second-order valence-corrected chi connectivity index (χ2v) is 6.04. The number of nitrogens with zero attached hydrogens (tertiary/aromatic N) is 4. The molecule has 0 bridgehead atoms. The van der Waals surface area contributed by atoms with Crippen molar-refractivity contribution in [1.29, 1.82) is 0 Å². The van der Waals surface area contributed by atoms with E-state index in [1.54, 1.807) is 31.4 Å². The number of rotatable bonds is 4. The first-order valence-electron chi connectivity index (χ1n) is 8.80. The molecule has 0 radical (unpaired) electrons. The molecule has 3 heterocycles. The summed E-state index contributed by atoms with van der Waals surface area (Å²) in [6, 6.07) is 5.87. The molecule has 3 aromatic rings. The first kappa shape index (κ1) is 19.4. The van der Waals surface area contributed by atoms with E-state index in [1.165, 1.54) is 0 Å². The second kappa shape index (κ2) is 8.47. The van der Waals surface area contributed by atoms with Gasteiger partial charge >= 0.3 is 0 Å². The topological polar surface area (TPSA) is 63.1 Å². The van der Waals surface area contributed by atoms with Gasteiger partial charge in [0, 0.05) is 38.1 Å². The van der Waals surface area contributed by atoms with Crippen LogP contribution in [0.15, 0.2) is 36.8 Å². The van der Waals surface area contributed by atoms with Crippen molar-refractivity contribution in [3.8, 4) is 0 Å². The molecule has 0 aromatic carbocycles. The number of aromatic nitrogens is 3. The van der Waals surface area contributed by atoms with Gasteiger partial charge in [-0.3, -0.25) is 9.78 Å². The van der Waals surface area contributed by atoms with Crippen LogP contribution in [0.3, 0.4) is 0 Å². The summed E-state index contributed by atoms with van der Waals surface area (Å²) >= 11 is 0. The summed E-state index contributed by atoms with van der Waals surface area (Å²) in [7, 11) is 3.52. The van der Waals surface area contributed by atoms with Crippen LogP contribution in [0.25, 0.3) is 10.9 Å². The largest absolute Gasteiger partial charge is 0.347 e. The van der Waals surface area contributed by atoms with Crippen LogP contribution < -0.4 is 5.32 Å². The average Bonchev–Trinajstić information content (AvgIpc) is 3.04. The lowest BCUT2D eigenvalue weighted by atomic mass is 10.2. The maximum atomic E-state index is 12.0. The Labute approximate surface area is 154 Å². The number of nitrogens with one attached hydrogen (secondary N) is 1. The maximum absolute atomic E-state index is 12.0. The van der Waals surface area contributed by atoms with Crippen molar-refractivity contribution >= 4 is 28.3 Å². The molecule has 1 N–H and O–H groups in total. The van der Waals surface area contributed by atoms with E-state index < -0.39 is 0 Å². The zero-order valence-electron chi connectivity index (χ0n) is 16.4. The third kappa shape index (κ3) is 4.02. The minimum atomic E-state index is 0.0535. The van der Waals surface area contributed by atoms with Crippen molar-refractivity contribution in [2.24, 2.45) is 0 Å². The molecule has 6 nitrogen and oxygen atoms in total. The number of hydrogen-bond donors (Lipinski definition) is 1. The van der Waals surface area contributed by atoms with Crippen LogP contribution in [0.4, 0.5) is 11.5 Å². The lowest BCUT2D eigenvalue weighted by Gasteiger charge is -2.13. The highest BCUT2D eigenvalue weighted by molar-refractivity contribution is 5.93. The molecule has 0 atom stereocenters. The molecule has 0 aliphatic rings. The molecular formula is C20H27N5O. The van der Waals surface area contributed by atoms with Gasteiger partial charge in [-0.1, -0.05) is 13.8 Å². The normalized spacial score (nSPS) is 10.2. The number of carbonyl (C=O) groups excluding carboxylic acids is 1. The Morgan fingerprint density at radius 2 is 1.81 bits per heavy atom. The smallest absolute Gasteiger partial charge is 0.241 e. The van der Waals surface area contributed by atoms with Gasteiger partial charge < -0.3 is 14.8 Å². The number of aryl methyl sites for hydroxylation is 2. The lowest BCUT2D eigenvalue weighted by molar-refractivity contribution is -0.129. The third-order valence-corrected chi connectivity index (χ3v) is 4.09. The van der Waals surface area contributed by atoms with Crippen molar-refractivity contribution in [1.82, 2.24) is 19.4 Å². The number of carbonyl (C=O) groups is 1. The summed E-state index contributed by atoms with van der Waals surface area (Å²) in [6.07, 6.45) is 5.47. The Kier molecular flexibility index (Phi) is 6.33. The van der Waals surface area contributed by atoms with Crippen LogP contribution in [-0.4, -0.2) is 39.4 Å². The van der Waals surface area contributed by atoms with Crippen molar-refractivity contribution in [3.63, 3.8) is 0 Å². The van der Waals surface area contributed by atoms with Crippen LogP contribution in [0.5, 0.6) is 0 Å². The van der Waals surface area contributed by atoms with Crippen molar-refractivity contribution in [3.05, 3.63) is 48.0 Å². The van der Waals surface area contributed by atoms with Gasteiger partial charge in [0.2, 0.25) is 5.91 Å². The highest BCUT2D eigenvalue weighted by atomic mass is 16.2. The molecule has 0 saturated heterocycles. The van der Waals surface area contributed by atoms with E-state index in [2.05, 4.69) is 15.3 Å². The molecule has 26 heavy (non-hydrogen) atoms.